The number of hydrogen-bond donors (Lipinski definition) is 2. The average molecular weight is 446 g/mol. The lowest BCUT2D eigenvalue weighted by molar-refractivity contribution is -0.196. The second-order valence-corrected chi connectivity index (χ2v) is 8.20. The zero-order chi connectivity index (χ0) is 23.0. The van der Waals surface area contributed by atoms with Gasteiger partial charge in [0.25, 0.3) is 0 Å². The van der Waals surface area contributed by atoms with Crippen LogP contribution in [0.25, 0.3) is 10.9 Å². The molecule has 3 aromatic rings. The van der Waals surface area contributed by atoms with E-state index >= 15 is 0 Å². The second kappa shape index (κ2) is 8.50. The van der Waals surface area contributed by atoms with E-state index in [1.165, 1.54) is 24.1 Å². The molecule has 0 spiro atoms. The van der Waals surface area contributed by atoms with Crippen LogP contribution in [0.2, 0.25) is 0 Å². The number of piperidine rings is 1. The molecule has 170 valence electrons. The number of halogens is 3. The van der Waals surface area contributed by atoms with Crippen molar-refractivity contribution in [2.45, 2.75) is 44.4 Å². The van der Waals surface area contributed by atoms with E-state index in [1.54, 1.807) is 30.5 Å². The number of carboxylic acids is 1. The number of carboxylic acid groups (broad SMARTS) is 1. The number of H-pyrrole nitrogens is 1. The number of hydrogen-bond acceptors (Lipinski definition) is 3. The van der Waals surface area contributed by atoms with Crippen molar-refractivity contribution in [1.82, 2.24) is 9.88 Å². The van der Waals surface area contributed by atoms with Crippen molar-refractivity contribution < 1.29 is 27.8 Å². The summed E-state index contributed by atoms with van der Waals surface area (Å²) in [5, 5.41) is 9.66. The number of nitrogens with zero attached hydrogens (tertiary/aromatic N) is 1. The van der Waals surface area contributed by atoms with E-state index in [4.69, 9.17) is 9.84 Å². The lowest BCUT2D eigenvalue weighted by atomic mass is 9.89. The first-order valence-electron chi connectivity index (χ1n) is 10.5. The first-order valence-corrected chi connectivity index (χ1v) is 10.5. The summed E-state index contributed by atoms with van der Waals surface area (Å²) in [5.74, 6) is -0.855. The molecule has 4 rings (SSSR count). The van der Waals surface area contributed by atoms with Crippen LogP contribution in [0.1, 0.15) is 58.4 Å². The summed E-state index contributed by atoms with van der Waals surface area (Å²) in [6, 6.07) is 7.11. The number of aryl methyl sites for hydroxylation is 1. The molecule has 0 bridgehead atoms. The van der Waals surface area contributed by atoms with Crippen LogP contribution in [0, 0.1) is 6.92 Å². The Balaban J connectivity index is 1.86. The maximum absolute atomic E-state index is 14.7. The van der Waals surface area contributed by atoms with Crippen molar-refractivity contribution in [3.8, 4) is 5.75 Å². The molecule has 1 aromatic heterocycles. The van der Waals surface area contributed by atoms with Gasteiger partial charge in [0, 0.05) is 28.7 Å². The maximum Gasteiger partial charge on any atom is 0.408 e. The Morgan fingerprint density at radius 3 is 2.56 bits per heavy atom. The minimum Gasteiger partial charge on any atom is -0.496 e. The molecule has 2 N–H and O–H groups in total. The van der Waals surface area contributed by atoms with Crippen molar-refractivity contribution in [3.05, 3.63) is 64.8 Å². The smallest absolute Gasteiger partial charge is 0.408 e. The topological polar surface area (TPSA) is 65.6 Å². The van der Waals surface area contributed by atoms with E-state index in [0.717, 1.165) is 12.0 Å². The van der Waals surface area contributed by atoms with Crippen molar-refractivity contribution in [2.24, 2.45) is 0 Å². The zero-order valence-corrected chi connectivity index (χ0v) is 17.9. The highest BCUT2D eigenvalue weighted by molar-refractivity contribution is 5.89. The number of alkyl halides is 3. The van der Waals surface area contributed by atoms with E-state index < -0.39 is 24.2 Å². The predicted molar refractivity (Wildman–Crippen MR) is 115 cm³/mol. The Bertz CT molecular complexity index is 1120. The lowest BCUT2D eigenvalue weighted by Gasteiger charge is -2.42. The van der Waals surface area contributed by atoms with Crippen LogP contribution in [-0.2, 0) is 0 Å². The highest BCUT2D eigenvalue weighted by Crippen LogP contribution is 2.49. The molecule has 1 fully saturated rings. The summed E-state index contributed by atoms with van der Waals surface area (Å²) in [4.78, 5) is 15.7. The number of rotatable bonds is 5. The molecule has 2 atom stereocenters. The molecule has 2 aromatic carbocycles. The number of methoxy groups -OCH3 is 1. The second-order valence-electron chi connectivity index (χ2n) is 8.20. The van der Waals surface area contributed by atoms with Gasteiger partial charge in [-0.15, -0.1) is 0 Å². The zero-order valence-electron chi connectivity index (χ0n) is 17.9. The van der Waals surface area contributed by atoms with Crippen LogP contribution in [0.4, 0.5) is 13.2 Å². The van der Waals surface area contributed by atoms with Gasteiger partial charge >= 0.3 is 12.1 Å². The van der Waals surface area contributed by atoms with Crippen molar-refractivity contribution >= 4 is 16.9 Å². The van der Waals surface area contributed by atoms with Crippen LogP contribution < -0.4 is 4.74 Å². The summed E-state index contributed by atoms with van der Waals surface area (Å²) >= 11 is 0. The summed E-state index contributed by atoms with van der Waals surface area (Å²) in [5.41, 5.74) is 2.37. The molecule has 5 nitrogen and oxygen atoms in total. The number of fused-ring (bicyclic) bond motifs is 1. The van der Waals surface area contributed by atoms with Gasteiger partial charge in [0.15, 0.2) is 0 Å². The summed E-state index contributed by atoms with van der Waals surface area (Å²) in [6.07, 6.45) is -0.878. The van der Waals surface area contributed by atoms with Gasteiger partial charge in [-0.1, -0.05) is 18.6 Å². The fourth-order valence-electron chi connectivity index (χ4n) is 4.84. The minimum atomic E-state index is -4.54. The van der Waals surface area contributed by atoms with E-state index in [0.29, 0.717) is 29.3 Å². The van der Waals surface area contributed by atoms with Gasteiger partial charge in [0.2, 0.25) is 0 Å². The molecule has 1 saturated heterocycles. The Hall–Kier alpha value is -3.00. The quantitative estimate of drug-likeness (QED) is 0.504. The maximum atomic E-state index is 14.7. The first-order chi connectivity index (χ1) is 15.2. The largest absolute Gasteiger partial charge is 0.496 e. The van der Waals surface area contributed by atoms with Gasteiger partial charge in [-0.05, 0) is 61.7 Å². The number of nitrogens with one attached hydrogen (secondary N) is 1. The molecule has 0 amide bonds. The minimum absolute atomic E-state index is 0.107. The number of aromatic amines is 1. The van der Waals surface area contributed by atoms with Gasteiger partial charge < -0.3 is 14.8 Å². The third-order valence-electron chi connectivity index (χ3n) is 6.27. The Labute approximate surface area is 183 Å². The highest BCUT2D eigenvalue weighted by atomic mass is 19.4. The fraction of sp³-hybridized carbons (Fsp3) is 0.375. The van der Waals surface area contributed by atoms with Gasteiger partial charge in [-0.3, -0.25) is 4.90 Å². The molecule has 8 heteroatoms. The van der Waals surface area contributed by atoms with Gasteiger partial charge in [-0.25, -0.2) is 4.79 Å². The SMILES string of the molecule is COc1cc(C)c2[nH]ccc2c1C(N1CCCCC1c1ccc(C(=O)O)cc1)C(F)(F)F. The monoisotopic (exact) mass is 446 g/mol. The fourth-order valence-corrected chi connectivity index (χ4v) is 4.84. The highest BCUT2D eigenvalue weighted by Gasteiger charge is 2.49. The van der Waals surface area contributed by atoms with Crippen molar-refractivity contribution in [1.29, 1.82) is 0 Å². The summed E-state index contributed by atoms with van der Waals surface area (Å²) in [6.45, 7) is 2.11. The van der Waals surface area contributed by atoms with Gasteiger partial charge in [0.1, 0.15) is 11.8 Å². The number of benzene rings is 2. The first kappa shape index (κ1) is 22.2. The molecule has 32 heavy (non-hydrogen) atoms. The molecule has 2 heterocycles. The summed E-state index contributed by atoms with van der Waals surface area (Å²) in [7, 11) is 1.39. The van der Waals surface area contributed by atoms with Crippen LogP contribution >= 0.6 is 0 Å². The van der Waals surface area contributed by atoms with Crippen LogP contribution in [-0.4, -0.2) is 40.8 Å². The molecule has 0 aliphatic carbocycles. The number of carbonyl (C=O) groups is 1. The number of aromatic nitrogens is 1. The molecule has 0 saturated carbocycles. The normalized spacial score (nSPS) is 18.6. The van der Waals surface area contributed by atoms with Crippen LogP contribution in [0.5, 0.6) is 5.75 Å². The third kappa shape index (κ3) is 3.95. The van der Waals surface area contributed by atoms with Crippen LogP contribution in [0.3, 0.4) is 0 Å². The molecule has 2 unspecified atom stereocenters. The van der Waals surface area contributed by atoms with Crippen molar-refractivity contribution in [2.75, 3.05) is 13.7 Å². The van der Waals surface area contributed by atoms with Crippen LogP contribution in [0.15, 0.2) is 42.6 Å². The van der Waals surface area contributed by atoms with Crippen molar-refractivity contribution in [3.63, 3.8) is 0 Å². The molecule has 0 radical (unpaired) electrons. The number of aromatic carboxylic acids is 1. The Morgan fingerprint density at radius 1 is 1.22 bits per heavy atom. The number of ether oxygens (including phenoxy) is 1. The van der Waals surface area contributed by atoms with E-state index in [1.807, 2.05) is 6.92 Å². The number of likely N-dealkylation sites (tertiary alicyclic amines) is 1. The van der Waals surface area contributed by atoms with E-state index in [9.17, 15) is 18.0 Å². The predicted octanol–water partition coefficient (Wildman–Crippen LogP) is 6.01. The lowest BCUT2D eigenvalue weighted by Crippen LogP contribution is -2.43. The molecular weight excluding hydrogens is 421 g/mol. The van der Waals surface area contributed by atoms with E-state index in [-0.39, 0.29) is 23.4 Å². The summed E-state index contributed by atoms with van der Waals surface area (Å²) < 4.78 is 49.6. The molecule has 1 aliphatic heterocycles. The Morgan fingerprint density at radius 2 is 1.94 bits per heavy atom. The van der Waals surface area contributed by atoms with Gasteiger partial charge in [-0.2, -0.15) is 13.2 Å². The molecule has 1 aliphatic rings. The molecular formula is C24H25F3N2O3. The van der Waals surface area contributed by atoms with Gasteiger partial charge in [0.05, 0.1) is 12.7 Å². The Kier molecular flexibility index (Phi) is 5.90. The standard InChI is InChI=1S/C24H25F3N2O3/c1-14-13-19(32-2)20(17-10-11-28-21(14)17)22(24(25,26)27)29-12-4-3-5-18(29)15-6-8-16(9-7-15)23(30)31/h6-11,13,18,22,28H,3-5,12H2,1-2H3,(H,30,31). The third-order valence-corrected chi connectivity index (χ3v) is 6.27. The average Bonchev–Trinajstić information content (AvgIpc) is 3.25. The van der Waals surface area contributed by atoms with E-state index in [2.05, 4.69) is 4.98 Å².